The van der Waals surface area contributed by atoms with Crippen molar-refractivity contribution >= 4 is 5.82 Å². The number of aromatic nitrogens is 2. The normalized spacial score (nSPS) is 18.2. The molecule has 0 amide bonds. The Balaban J connectivity index is 1.85. The van der Waals surface area contributed by atoms with Crippen molar-refractivity contribution in [2.45, 2.75) is 32.7 Å². The van der Waals surface area contributed by atoms with Crippen molar-refractivity contribution in [1.82, 2.24) is 10.2 Å². The molecule has 0 saturated carbocycles. The third-order valence-electron chi connectivity index (χ3n) is 4.52. The Morgan fingerprint density at radius 1 is 1.19 bits per heavy atom. The predicted octanol–water partition coefficient (Wildman–Crippen LogP) is 2.55. The number of nitrogens with two attached hydrogens (primary N) is 1. The van der Waals surface area contributed by atoms with E-state index in [9.17, 15) is 0 Å². The van der Waals surface area contributed by atoms with Gasteiger partial charge in [-0.1, -0.05) is 30.3 Å². The van der Waals surface area contributed by atoms with Crippen LogP contribution in [0.4, 0.5) is 5.82 Å². The smallest absolute Gasteiger partial charge is 0.156 e. The van der Waals surface area contributed by atoms with Crippen molar-refractivity contribution < 1.29 is 0 Å². The lowest BCUT2D eigenvalue weighted by atomic mass is 9.99. The molecule has 1 aliphatic rings. The van der Waals surface area contributed by atoms with Gasteiger partial charge in [0.15, 0.2) is 5.82 Å². The van der Waals surface area contributed by atoms with Crippen LogP contribution in [0.5, 0.6) is 0 Å². The largest absolute Gasteiger partial charge is 0.354 e. The molecule has 2 aromatic rings. The average Bonchev–Trinajstić information content (AvgIpc) is 3.00. The molecular formula is C17H22N4. The van der Waals surface area contributed by atoms with E-state index in [1.165, 1.54) is 11.1 Å². The highest BCUT2D eigenvalue weighted by Crippen LogP contribution is 2.32. The van der Waals surface area contributed by atoms with E-state index in [0.717, 1.165) is 36.6 Å². The van der Waals surface area contributed by atoms with Crippen molar-refractivity contribution in [2.24, 2.45) is 5.73 Å². The molecule has 2 heterocycles. The minimum absolute atomic E-state index is 0.518. The Morgan fingerprint density at radius 2 is 1.95 bits per heavy atom. The van der Waals surface area contributed by atoms with Gasteiger partial charge in [-0.15, -0.1) is 5.10 Å². The van der Waals surface area contributed by atoms with E-state index < -0.39 is 0 Å². The molecule has 1 fully saturated rings. The van der Waals surface area contributed by atoms with Gasteiger partial charge in [0.05, 0.1) is 5.69 Å². The second-order valence-corrected chi connectivity index (χ2v) is 5.76. The van der Waals surface area contributed by atoms with Gasteiger partial charge in [0.1, 0.15) is 0 Å². The van der Waals surface area contributed by atoms with E-state index in [1.807, 2.05) is 6.92 Å². The standard InChI is InChI=1S/C17H22N4/c1-12-13(2)19-20-17(16(12)10-18)21-9-8-15(11-21)14-6-4-3-5-7-14/h3-7,15H,8-11,18H2,1-2H3. The molecule has 0 radical (unpaired) electrons. The zero-order valence-electron chi connectivity index (χ0n) is 12.7. The SMILES string of the molecule is Cc1nnc(N2CCC(c3ccccc3)C2)c(CN)c1C. The van der Waals surface area contributed by atoms with Crippen LogP contribution in [0, 0.1) is 13.8 Å². The van der Waals surface area contributed by atoms with Gasteiger partial charge in [-0.05, 0) is 31.4 Å². The van der Waals surface area contributed by atoms with Gasteiger partial charge in [-0.3, -0.25) is 0 Å². The first kappa shape index (κ1) is 14.0. The van der Waals surface area contributed by atoms with Gasteiger partial charge in [0.2, 0.25) is 0 Å². The van der Waals surface area contributed by atoms with Gasteiger partial charge in [-0.2, -0.15) is 5.10 Å². The first-order valence-electron chi connectivity index (χ1n) is 7.53. The van der Waals surface area contributed by atoms with Crippen LogP contribution in [-0.2, 0) is 6.54 Å². The Bertz CT molecular complexity index is 624. The highest BCUT2D eigenvalue weighted by atomic mass is 15.3. The topological polar surface area (TPSA) is 55.0 Å². The molecule has 1 unspecified atom stereocenters. The molecule has 1 aromatic carbocycles. The molecule has 0 spiro atoms. The number of hydrogen-bond donors (Lipinski definition) is 1. The maximum Gasteiger partial charge on any atom is 0.156 e. The summed E-state index contributed by atoms with van der Waals surface area (Å²) < 4.78 is 0. The molecule has 0 bridgehead atoms. The predicted molar refractivity (Wildman–Crippen MR) is 85.4 cm³/mol. The summed E-state index contributed by atoms with van der Waals surface area (Å²) in [6, 6.07) is 10.7. The van der Waals surface area contributed by atoms with Crippen LogP contribution in [0.1, 0.15) is 34.7 Å². The van der Waals surface area contributed by atoms with Crippen molar-refractivity contribution in [1.29, 1.82) is 0 Å². The molecule has 2 N–H and O–H groups in total. The maximum absolute atomic E-state index is 5.94. The Hall–Kier alpha value is -1.94. The fraction of sp³-hybridized carbons (Fsp3) is 0.412. The van der Waals surface area contributed by atoms with Crippen LogP contribution in [0.3, 0.4) is 0 Å². The average molecular weight is 282 g/mol. The molecule has 1 aromatic heterocycles. The fourth-order valence-corrected chi connectivity index (χ4v) is 3.09. The number of aryl methyl sites for hydroxylation is 1. The highest BCUT2D eigenvalue weighted by molar-refractivity contribution is 5.52. The Morgan fingerprint density at radius 3 is 2.67 bits per heavy atom. The minimum atomic E-state index is 0.518. The van der Waals surface area contributed by atoms with Crippen LogP contribution >= 0.6 is 0 Å². The molecule has 21 heavy (non-hydrogen) atoms. The fourth-order valence-electron chi connectivity index (χ4n) is 3.09. The van der Waals surface area contributed by atoms with Gasteiger partial charge < -0.3 is 10.6 Å². The van der Waals surface area contributed by atoms with Crippen LogP contribution < -0.4 is 10.6 Å². The van der Waals surface area contributed by atoms with E-state index in [0.29, 0.717) is 12.5 Å². The summed E-state index contributed by atoms with van der Waals surface area (Å²) in [6.07, 6.45) is 1.16. The third-order valence-corrected chi connectivity index (χ3v) is 4.52. The van der Waals surface area contributed by atoms with Crippen molar-refractivity contribution in [3.63, 3.8) is 0 Å². The van der Waals surface area contributed by atoms with Crippen LogP contribution in [0.15, 0.2) is 30.3 Å². The second kappa shape index (κ2) is 5.82. The first-order chi connectivity index (χ1) is 10.2. The van der Waals surface area contributed by atoms with Crippen molar-refractivity contribution in [2.75, 3.05) is 18.0 Å². The highest BCUT2D eigenvalue weighted by Gasteiger charge is 2.27. The van der Waals surface area contributed by atoms with Gasteiger partial charge in [0.25, 0.3) is 0 Å². The molecule has 110 valence electrons. The first-order valence-corrected chi connectivity index (χ1v) is 7.53. The quantitative estimate of drug-likeness (QED) is 0.940. The molecular weight excluding hydrogens is 260 g/mol. The van der Waals surface area contributed by atoms with Crippen LogP contribution in [-0.4, -0.2) is 23.3 Å². The number of nitrogens with zero attached hydrogens (tertiary/aromatic N) is 3. The minimum Gasteiger partial charge on any atom is -0.354 e. The summed E-state index contributed by atoms with van der Waals surface area (Å²) >= 11 is 0. The lowest BCUT2D eigenvalue weighted by Crippen LogP contribution is -2.24. The van der Waals surface area contributed by atoms with E-state index in [-0.39, 0.29) is 0 Å². The van der Waals surface area contributed by atoms with Crippen LogP contribution in [0.2, 0.25) is 0 Å². The lowest BCUT2D eigenvalue weighted by Gasteiger charge is -2.21. The molecule has 4 nitrogen and oxygen atoms in total. The third kappa shape index (κ3) is 2.63. The lowest BCUT2D eigenvalue weighted by molar-refractivity contribution is 0.770. The van der Waals surface area contributed by atoms with E-state index in [4.69, 9.17) is 5.73 Å². The summed E-state index contributed by atoms with van der Waals surface area (Å²) in [5.74, 6) is 1.54. The number of hydrogen-bond acceptors (Lipinski definition) is 4. The van der Waals surface area contributed by atoms with Crippen molar-refractivity contribution in [3.8, 4) is 0 Å². The van der Waals surface area contributed by atoms with Gasteiger partial charge >= 0.3 is 0 Å². The van der Waals surface area contributed by atoms with E-state index in [2.05, 4.69) is 52.4 Å². The summed E-state index contributed by atoms with van der Waals surface area (Å²) in [6.45, 7) is 6.60. The Kier molecular flexibility index (Phi) is 3.88. The summed E-state index contributed by atoms with van der Waals surface area (Å²) in [7, 11) is 0. The number of rotatable bonds is 3. The van der Waals surface area contributed by atoms with Crippen LogP contribution in [0.25, 0.3) is 0 Å². The van der Waals surface area contributed by atoms with E-state index in [1.54, 1.807) is 0 Å². The number of anilines is 1. The zero-order valence-corrected chi connectivity index (χ0v) is 12.7. The molecule has 1 saturated heterocycles. The Labute approximate surface area is 126 Å². The summed E-state index contributed by atoms with van der Waals surface area (Å²) in [5, 5.41) is 8.70. The van der Waals surface area contributed by atoms with Crippen molar-refractivity contribution in [3.05, 3.63) is 52.7 Å². The second-order valence-electron chi connectivity index (χ2n) is 5.76. The summed E-state index contributed by atoms with van der Waals surface area (Å²) in [5.41, 5.74) is 10.6. The molecule has 1 atom stereocenters. The van der Waals surface area contributed by atoms with Gasteiger partial charge in [0, 0.05) is 31.1 Å². The molecule has 3 rings (SSSR count). The number of benzene rings is 1. The van der Waals surface area contributed by atoms with E-state index >= 15 is 0 Å². The molecule has 0 aliphatic carbocycles. The zero-order chi connectivity index (χ0) is 14.8. The van der Waals surface area contributed by atoms with Gasteiger partial charge in [-0.25, -0.2) is 0 Å². The summed E-state index contributed by atoms with van der Waals surface area (Å²) in [4.78, 5) is 2.33. The molecule has 1 aliphatic heterocycles. The monoisotopic (exact) mass is 282 g/mol. The molecule has 4 heteroatoms. The maximum atomic E-state index is 5.94.